The molecule has 0 aromatic heterocycles. The number of nitriles is 1. The number of rotatable bonds is 0. The van der Waals surface area contributed by atoms with Crippen LogP contribution in [-0.2, 0) is 0 Å². The van der Waals surface area contributed by atoms with Crippen LogP contribution in [0, 0.1) is 27.6 Å². The zero-order valence-electron chi connectivity index (χ0n) is 8.91. The van der Waals surface area contributed by atoms with Gasteiger partial charge in [-0.3, -0.25) is 0 Å². The SMILES string of the molecule is CC1(C)[C@]2(C)CC[C@]1(C#N)[C@H](O)[C@@H]2O. The minimum absolute atomic E-state index is 0.312. The van der Waals surface area contributed by atoms with E-state index in [0.29, 0.717) is 6.42 Å². The van der Waals surface area contributed by atoms with Crippen LogP contribution in [0.5, 0.6) is 0 Å². The second-order valence-corrected chi connectivity index (χ2v) is 5.52. The number of hydrogen-bond donors (Lipinski definition) is 2. The van der Waals surface area contributed by atoms with E-state index in [2.05, 4.69) is 6.07 Å². The molecule has 0 unspecified atom stereocenters. The highest BCUT2D eigenvalue weighted by atomic mass is 16.3. The van der Waals surface area contributed by atoms with Crippen molar-refractivity contribution < 1.29 is 10.2 Å². The van der Waals surface area contributed by atoms with Crippen LogP contribution < -0.4 is 0 Å². The Labute approximate surface area is 84.4 Å². The van der Waals surface area contributed by atoms with E-state index in [1.165, 1.54) is 0 Å². The molecule has 2 N–H and O–H groups in total. The Bertz CT molecular complexity index is 320. The molecule has 3 nitrogen and oxygen atoms in total. The van der Waals surface area contributed by atoms with E-state index in [-0.39, 0.29) is 10.8 Å². The second kappa shape index (κ2) is 2.32. The van der Waals surface area contributed by atoms with Gasteiger partial charge in [-0.25, -0.2) is 0 Å². The Morgan fingerprint density at radius 3 is 2.00 bits per heavy atom. The van der Waals surface area contributed by atoms with Gasteiger partial charge in [0.25, 0.3) is 0 Å². The van der Waals surface area contributed by atoms with Gasteiger partial charge in [-0.15, -0.1) is 0 Å². The van der Waals surface area contributed by atoms with Crippen molar-refractivity contribution >= 4 is 0 Å². The van der Waals surface area contributed by atoms with Gasteiger partial charge in [0.15, 0.2) is 0 Å². The van der Waals surface area contributed by atoms with Crippen molar-refractivity contribution in [3.05, 3.63) is 0 Å². The Balaban J connectivity index is 2.61. The Morgan fingerprint density at radius 2 is 1.71 bits per heavy atom. The first-order valence-electron chi connectivity index (χ1n) is 5.11. The van der Waals surface area contributed by atoms with Gasteiger partial charge in [-0.2, -0.15) is 5.26 Å². The van der Waals surface area contributed by atoms with Crippen LogP contribution in [0.4, 0.5) is 0 Å². The molecule has 0 amide bonds. The predicted molar refractivity (Wildman–Crippen MR) is 51.2 cm³/mol. The summed E-state index contributed by atoms with van der Waals surface area (Å²) in [6.07, 6.45) is -0.121. The van der Waals surface area contributed by atoms with Crippen LogP contribution >= 0.6 is 0 Å². The van der Waals surface area contributed by atoms with Crippen LogP contribution in [-0.4, -0.2) is 22.4 Å². The summed E-state index contributed by atoms with van der Waals surface area (Å²) in [4.78, 5) is 0. The smallest absolute Gasteiger partial charge is 0.0995 e. The van der Waals surface area contributed by atoms with E-state index in [0.717, 1.165) is 6.42 Å². The van der Waals surface area contributed by atoms with E-state index in [9.17, 15) is 15.5 Å². The highest BCUT2D eigenvalue weighted by Gasteiger charge is 2.74. The highest BCUT2D eigenvalue weighted by Crippen LogP contribution is 2.71. The van der Waals surface area contributed by atoms with Gasteiger partial charge in [-0.1, -0.05) is 20.8 Å². The molecule has 0 aromatic rings. The lowest BCUT2D eigenvalue weighted by atomic mass is 9.65. The predicted octanol–water partition coefficient (Wildman–Crippen LogP) is 1.06. The van der Waals surface area contributed by atoms with E-state index in [1.54, 1.807) is 0 Å². The van der Waals surface area contributed by atoms with Gasteiger partial charge in [0.05, 0.1) is 23.7 Å². The molecule has 2 fully saturated rings. The molecule has 0 saturated heterocycles. The molecule has 0 heterocycles. The molecule has 4 atom stereocenters. The van der Waals surface area contributed by atoms with Crippen LogP contribution in [0.1, 0.15) is 33.6 Å². The van der Waals surface area contributed by atoms with Crippen molar-refractivity contribution in [1.29, 1.82) is 5.26 Å². The molecule has 2 bridgehead atoms. The van der Waals surface area contributed by atoms with Crippen molar-refractivity contribution in [3.8, 4) is 6.07 Å². The molecule has 0 aromatic carbocycles. The number of nitrogens with zero attached hydrogens (tertiary/aromatic N) is 1. The van der Waals surface area contributed by atoms with Crippen molar-refractivity contribution in [3.63, 3.8) is 0 Å². The monoisotopic (exact) mass is 195 g/mol. The third kappa shape index (κ3) is 0.656. The maximum Gasteiger partial charge on any atom is 0.0995 e. The first-order valence-corrected chi connectivity index (χ1v) is 5.11. The fourth-order valence-corrected chi connectivity index (χ4v) is 3.51. The quantitative estimate of drug-likeness (QED) is 0.607. The molecule has 14 heavy (non-hydrogen) atoms. The first kappa shape index (κ1) is 9.95. The Hall–Kier alpha value is -0.590. The summed E-state index contributed by atoms with van der Waals surface area (Å²) < 4.78 is 0. The van der Waals surface area contributed by atoms with Crippen LogP contribution in [0.2, 0.25) is 0 Å². The summed E-state index contributed by atoms with van der Waals surface area (Å²) in [5.41, 5.74) is -1.38. The first-order chi connectivity index (χ1) is 6.33. The number of hydrogen-bond acceptors (Lipinski definition) is 3. The standard InChI is InChI=1S/C11H17NO2/c1-9(2)10(3)4-5-11(9,6-12)8(14)7(10)13/h7-8,13-14H,4-5H2,1-3H3/t7-,8+,10+,11-/m0/s1. The molecule has 0 aliphatic heterocycles. The van der Waals surface area contributed by atoms with E-state index >= 15 is 0 Å². The van der Waals surface area contributed by atoms with Crippen LogP contribution in [0.3, 0.4) is 0 Å². The van der Waals surface area contributed by atoms with Gasteiger partial charge in [-0.05, 0) is 18.3 Å². The molecule has 2 rings (SSSR count). The van der Waals surface area contributed by atoms with Crippen molar-refractivity contribution in [2.75, 3.05) is 0 Å². The van der Waals surface area contributed by atoms with Gasteiger partial charge in [0.2, 0.25) is 0 Å². The lowest BCUT2D eigenvalue weighted by Crippen LogP contribution is -2.41. The van der Waals surface area contributed by atoms with Crippen LogP contribution in [0.15, 0.2) is 0 Å². The lowest BCUT2D eigenvalue weighted by Gasteiger charge is -2.37. The normalized spacial score (nSPS) is 54.6. The van der Waals surface area contributed by atoms with Crippen molar-refractivity contribution in [2.45, 2.75) is 45.8 Å². The molecule has 2 aliphatic rings. The largest absolute Gasteiger partial charge is 0.390 e. The fraction of sp³-hybridized carbons (Fsp3) is 0.909. The summed E-state index contributed by atoms with van der Waals surface area (Å²) in [6.45, 7) is 5.96. The summed E-state index contributed by atoms with van der Waals surface area (Å²) in [5, 5.41) is 29.2. The van der Waals surface area contributed by atoms with Crippen molar-refractivity contribution in [1.82, 2.24) is 0 Å². The van der Waals surface area contributed by atoms with Gasteiger partial charge in [0.1, 0.15) is 0 Å². The third-order valence-electron chi connectivity index (χ3n) is 5.24. The maximum absolute atomic E-state index is 9.98. The van der Waals surface area contributed by atoms with Gasteiger partial charge < -0.3 is 10.2 Å². The van der Waals surface area contributed by atoms with E-state index in [4.69, 9.17) is 0 Å². The number of fused-ring (bicyclic) bond motifs is 2. The molecule has 3 heteroatoms. The molecular formula is C11H17NO2. The average molecular weight is 195 g/mol. The van der Waals surface area contributed by atoms with E-state index < -0.39 is 17.6 Å². The maximum atomic E-state index is 9.98. The van der Waals surface area contributed by atoms with E-state index in [1.807, 2.05) is 20.8 Å². The Morgan fingerprint density at radius 1 is 1.14 bits per heavy atom. The number of aliphatic hydroxyl groups excluding tert-OH is 2. The lowest BCUT2D eigenvalue weighted by molar-refractivity contribution is -0.0594. The minimum Gasteiger partial charge on any atom is -0.390 e. The topological polar surface area (TPSA) is 64.2 Å². The molecule has 2 saturated carbocycles. The summed E-state index contributed by atoms with van der Waals surface area (Å²) in [7, 11) is 0. The fourth-order valence-electron chi connectivity index (χ4n) is 3.51. The molecule has 0 spiro atoms. The second-order valence-electron chi connectivity index (χ2n) is 5.52. The van der Waals surface area contributed by atoms with Crippen LogP contribution in [0.25, 0.3) is 0 Å². The zero-order chi connectivity index (χ0) is 10.8. The van der Waals surface area contributed by atoms with Crippen molar-refractivity contribution in [2.24, 2.45) is 16.2 Å². The summed E-state index contributed by atoms with van der Waals surface area (Å²) in [5.74, 6) is 0. The summed E-state index contributed by atoms with van der Waals surface area (Å²) in [6, 6.07) is 2.25. The highest BCUT2D eigenvalue weighted by molar-refractivity contribution is 5.29. The summed E-state index contributed by atoms with van der Waals surface area (Å²) >= 11 is 0. The number of aliphatic hydroxyl groups is 2. The molecule has 0 radical (unpaired) electrons. The molecule has 78 valence electrons. The molecular weight excluding hydrogens is 178 g/mol. The van der Waals surface area contributed by atoms with Gasteiger partial charge in [0, 0.05) is 5.41 Å². The minimum atomic E-state index is -0.888. The Kier molecular flexibility index (Phi) is 1.65. The average Bonchev–Trinajstić information content (AvgIpc) is 2.39. The third-order valence-corrected chi connectivity index (χ3v) is 5.24. The van der Waals surface area contributed by atoms with Gasteiger partial charge >= 0.3 is 0 Å². The zero-order valence-corrected chi connectivity index (χ0v) is 8.91. The molecule has 2 aliphatic carbocycles.